The molecule has 1 aliphatic rings. The van der Waals surface area contributed by atoms with E-state index < -0.39 is 0 Å². The van der Waals surface area contributed by atoms with Crippen LogP contribution in [0.3, 0.4) is 0 Å². The predicted molar refractivity (Wildman–Crippen MR) is 67.7 cm³/mol. The highest BCUT2D eigenvalue weighted by Gasteiger charge is 2.25. The number of nitrogens with zero attached hydrogens (tertiary/aromatic N) is 2. The molecule has 0 amide bonds. The van der Waals surface area contributed by atoms with E-state index in [-0.39, 0.29) is 11.4 Å². The van der Waals surface area contributed by atoms with Crippen molar-refractivity contribution >= 4 is 5.69 Å². The summed E-state index contributed by atoms with van der Waals surface area (Å²) in [4.78, 5) is 16.1. The van der Waals surface area contributed by atoms with Crippen LogP contribution in [-0.4, -0.2) is 9.55 Å². The number of nitrogens with two attached hydrogens (primary N) is 1. The molecule has 3 rings (SSSR count). The third kappa shape index (κ3) is 2.07. The van der Waals surface area contributed by atoms with Gasteiger partial charge in [-0.25, -0.2) is 4.98 Å². The van der Waals surface area contributed by atoms with E-state index in [0.717, 1.165) is 12.8 Å². The number of hydrogen-bond donors (Lipinski definition) is 1. The molecule has 5 heteroatoms. The highest BCUT2D eigenvalue weighted by Crippen LogP contribution is 2.33. The topological polar surface area (TPSA) is 70.1 Å². The van der Waals surface area contributed by atoms with Crippen LogP contribution in [0.4, 0.5) is 5.69 Å². The molecule has 1 aromatic carbocycles. The van der Waals surface area contributed by atoms with E-state index in [9.17, 15) is 4.79 Å². The first-order valence-corrected chi connectivity index (χ1v) is 5.84. The lowest BCUT2D eigenvalue weighted by atomic mass is 10.3. The minimum absolute atomic E-state index is 0.0926. The van der Waals surface area contributed by atoms with Crippen molar-refractivity contribution in [1.29, 1.82) is 0 Å². The second-order valence-corrected chi connectivity index (χ2v) is 4.35. The highest BCUT2D eigenvalue weighted by atomic mass is 16.5. The Hall–Kier alpha value is -2.30. The van der Waals surface area contributed by atoms with E-state index in [1.54, 1.807) is 41.2 Å². The summed E-state index contributed by atoms with van der Waals surface area (Å²) in [6, 6.07) is 7.24. The molecule has 0 saturated heterocycles. The van der Waals surface area contributed by atoms with Gasteiger partial charge in [0.15, 0.2) is 0 Å². The van der Waals surface area contributed by atoms with Gasteiger partial charge < -0.3 is 15.0 Å². The fraction of sp³-hybridized carbons (Fsp3) is 0.231. The lowest BCUT2D eigenvalue weighted by molar-refractivity contribution is 0.445. The van der Waals surface area contributed by atoms with Crippen LogP contribution in [0.15, 0.2) is 41.5 Å². The quantitative estimate of drug-likeness (QED) is 0.836. The minimum atomic E-state index is -0.192. The molecule has 0 aliphatic heterocycles. The summed E-state index contributed by atoms with van der Waals surface area (Å²) in [6.45, 7) is 0. The fourth-order valence-corrected chi connectivity index (χ4v) is 1.81. The van der Waals surface area contributed by atoms with E-state index >= 15 is 0 Å². The molecule has 18 heavy (non-hydrogen) atoms. The molecular weight excluding hydrogens is 230 g/mol. The standard InChI is InChI=1S/C13H13N3O2/c14-9-2-1-3-11(8-9)18-12-13(17)16(7-6-15-12)10-4-5-10/h1-3,6-8,10H,4-5,14H2. The average molecular weight is 243 g/mol. The average Bonchev–Trinajstić information content (AvgIpc) is 3.16. The van der Waals surface area contributed by atoms with E-state index in [4.69, 9.17) is 10.5 Å². The van der Waals surface area contributed by atoms with Crippen molar-refractivity contribution in [3.63, 3.8) is 0 Å². The first-order valence-electron chi connectivity index (χ1n) is 5.84. The molecule has 2 aromatic rings. The fourth-order valence-electron chi connectivity index (χ4n) is 1.81. The van der Waals surface area contributed by atoms with Crippen molar-refractivity contribution in [1.82, 2.24) is 9.55 Å². The number of hydrogen-bond acceptors (Lipinski definition) is 4. The van der Waals surface area contributed by atoms with Gasteiger partial charge in [0, 0.05) is 30.2 Å². The summed E-state index contributed by atoms with van der Waals surface area (Å²) in [7, 11) is 0. The molecular formula is C13H13N3O2. The molecule has 1 aromatic heterocycles. The van der Waals surface area contributed by atoms with Gasteiger partial charge in [-0.05, 0) is 25.0 Å². The summed E-state index contributed by atoms with van der Waals surface area (Å²) < 4.78 is 7.16. The first-order chi connectivity index (χ1) is 8.74. The second kappa shape index (κ2) is 4.18. The molecule has 1 heterocycles. The SMILES string of the molecule is Nc1cccc(Oc2nccn(C3CC3)c2=O)c1. The molecule has 0 spiro atoms. The van der Waals surface area contributed by atoms with E-state index in [2.05, 4.69) is 4.98 Å². The maximum atomic E-state index is 12.1. The maximum absolute atomic E-state index is 12.1. The minimum Gasteiger partial charge on any atom is -0.435 e. The largest absolute Gasteiger partial charge is 0.435 e. The summed E-state index contributed by atoms with van der Waals surface area (Å²) in [6.07, 6.45) is 5.37. The summed E-state index contributed by atoms with van der Waals surface area (Å²) in [5.41, 5.74) is 6.05. The zero-order valence-electron chi connectivity index (χ0n) is 9.74. The molecule has 0 atom stereocenters. The van der Waals surface area contributed by atoms with Crippen LogP contribution in [0.1, 0.15) is 18.9 Å². The van der Waals surface area contributed by atoms with Crippen molar-refractivity contribution in [2.45, 2.75) is 18.9 Å². The van der Waals surface area contributed by atoms with Gasteiger partial charge in [-0.15, -0.1) is 0 Å². The Morgan fingerprint density at radius 3 is 2.94 bits per heavy atom. The molecule has 92 valence electrons. The highest BCUT2D eigenvalue weighted by molar-refractivity contribution is 5.44. The number of benzene rings is 1. The Morgan fingerprint density at radius 2 is 2.22 bits per heavy atom. The van der Waals surface area contributed by atoms with Gasteiger partial charge in [0.25, 0.3) is 5.88 Å². The lowest BCUT2D eigenvalue weighted by Gasteiger charge is -2.07. The van der Waals surface area contributed by atoms with Crippen LogP contribution in [-0.2, 0) is 0 Å². The van der Waals surface area contributed by atoms with E-state index in [1.165, 1.54) is 0 Å². The number of ether oxygens (including phenoxy) is 1. The van der Waals surface area contributed by atoms with Crippen LogP contribution in [0.25, 0.3) is 0 Å². The third-order valence-electron chi connectivity index (χ3n) is 2.85. The Bertz CT molecular complexity index is 632. The van der Waals surface area contributed by atoms with Gasteiger partial charge in [0.1, 0.15) is 5.75 Å². The van der Waals surface area contributed by atoms with Gasteiger partial charge in [-0.3, -0.25) is 4.79 Å². The Balaban J connectivity index is 1.93. The van der Waals surface area contributed by atoms with E-state index in [0.29, 0.717) is 17.5 Å². The Kier molecular flexibility index (Phi) is 2.51. The molecule has 5 nitrogen and oxygen atoms in total. The Morgan fingerprint density at radius 1 is 1.39 bits per heavy atom. The van der Waals surface area contributed by atoms with Crippen molar-refractivity contribution in [2.75, 3.05) is 5.73 Å². The van der Waals surface area contributed by atoms with Crippen molar-refractivity contribution in [2.24, 2.45) is 0 Å². The molecule has 0 radical (unpaired) electrons. The van der Waals surface area contributed by atoms with Crippen LogP contribution >= 0.6 is 0 Å². The molecule has 2 N–H and O–H groups in total. The lowest BCUT2D eigenvalue weighted by Crippen LogP contribution is -2.20. The zero-order valence-corrected chi connectivity index (χ0v) is 9.74. The zero-order chi connectivity index (χ0) is 12.5. The molecule has 0 bridgehead atoms. The number of anilines is 1. The number of aromatic nitrogens is 2. The maximum Gasteiger partial charge on any atom is 0.313 e. The number of rotatable bonds is 3. The van der Waals surface area contributed by atoms with Crippen molar-refractivity contribution < 1.29 is 4.74 Å². The summed E-state index contributed by atoms with van der Waals surface area (Å²) >= 11 is 0. The monoisotopic (exact) mass is 243 g/mol. The van der Waals surface area contributed by atoms with E-state index in [1.807, 2.05) is 0 Å². The van der Waals surface area contributed by atoms with Crippen LogP contribution in [0.2, 0.25) is 0 Å². The predicted octanol–water partition coefficient (Wildman–Crippen LogP) is 1.95. The third-order valence-corrected chi connectivity index (χ3v) is 2.85. The van der Waals surface area contributed by atoms with Crippen LogP contribution in [0, 0.1) is 0 Å². The van der Waals surface area contributed by atoms with Crippen LogP contribution < -0.4 is 16.0 Å². The Labute approximate surface area is 104 Å². The summed E-state index contributed by atoms with van der Waals surface area (Å²) in [5, 5.41) is 0. The molecule has 1 aliphatic carbocycles. The van der Waals surface area contributed by atoms with Gasteiger partial charge in [-0.1, -0.05) is 6.07 Å². The molecule has 1 saturated carbocycles. The summed E-state index contributed by atoms with van der Waals surface area (Å²) in [5.74, 6) is 0.614. The molecule has 0 unspecified atom stereocenters. The van der Waals surface area contributed by atoms with Gasteiger partial charge in [0.2, 0.25) is 0 Å². The molecule has 1 fully saturated rings. The van der Waals surface area contributed by atoms with Gasteiger partial charge in [0.05, 0.1) is 0 Å². The first kappa shape index (κ1) is 10.8. The normalized spacial score (nSPS) is 14.4. The van der Waals surface area contributed by atoms with Crippen molar-refractivity contribution in [3.8, 4) is 11.6 Å². The number of nitrogen functional groups attached to an aromatic ring is 1. The second-order valence-electron chi connectivity index (χ2n) is 4.35. The van der Waals surface area contributed by atoms with Crippen molar-refractivity contribution in [3.05, 3.63) is 47.0 Å². The van der Waals surface area contributed by atoms with Crippen LogP contribution in [0.5, 0.6) is 11.6 Å². The van der Waals surface area contributed by atoms with Gasteiger partial charge in [-0.2, -0.15) is 0 Å². The van der Waals surface area contributed by atoms with Gasteiger partial charge >= 0.3 is 5.56 Å². The smallest absolute Gasteiger partial charge is 0.313 e.